The van der Waals surface area contributed by atoms with Crippen LogP contribution in [-0.4, -0.2) is 31.2 Å². The van der Waals surface area contributed by atoms with Crippen LogP contribution >= 0.6 is 0 Å². The number of pyridine rings is 1. The van der Waals surface area contributed by atoms with E-state index in [4.69, 9.17) is 9.47 Å². The number of amides is 1. The molecular formula is C22H22FN3O3. The third-order valence-corrected chi connectivity index (χ3v) is 4.16. The number of ether oxygens (including phenoxy) is 2. The van der Waals surface area contributed by atoms with E-state index in [9.17, 15) is 9.18 Å². The van der Waals surface area contributed by atoms with Crippen molar-refractivity contribution in [1.82, 2.24) is 10.3 Å². The Morgan fingerprint density at radius 2 is 1.83 bits per heavy atom. The molecule has 0 aliphatic carbocycles. The molecule has 3 aromatic rings. The van der Waals surface area contributed by atoms with Crippen LogP contribution in [0.25, 0.3) is 0 Å². The van der Waals surface area contributed by atoms with E-state index in [1.54, 1.807) is 43.6 Å². The number of anilines is 1. The van der Waals surface area contributed by atoms with E-state index in [0.29, 0.717) is 30.1 Å². The fraction of sp³-hybridized carbons (Fsp3) is 0.182. The molecule has 0 bridgehead atoms. The highest BCUT2D eigenvalue weighted by Crippen LogP contribution is 2.17. The van der Waals surface area contributed by atoms with Crippen LogP contribution in [0.2, 0.25) is 0 Å². The summed E-state index contributed by atoms with van der Waals surface area (Å²) in [6.45, 7) is 1.06. The molecule has 0 saturated heterocycles. The number of hydrogen-bond donors (Lipinski definition) is 2. The number of hydrogen-bond acceptors (Lipinski definition) is 5. The molecule has 6 nitrogen and oxygen atoms in total. The summed E-state index contributed by atoms with van der Waals surface area (Å²) in [4.78, 5) is 16.5. The highest BCUT2D eigenvalue weighted by atomic mass is 19.1. The molecule has 29 heavy (non-hydrogen) atoms. The molecule has 1 amide bonds. The van der Waals surface area contributed by atoms with Crippen LogP contribution in [0.1, 0.15) is 15.9 Å². The molecule has 7 heteroatoms. The summed E-state index contributed by atoms with van der Waals surface area (Å²) in [5.41, 5.74) is 0.874. The predicted molar refractivity (Wildman–Crippen MR) is 109 cm³/mol. The minimum Gasteiger partial charge on any atom is -0.497 e. The summed E-state index contributed by atoms with van der Waals surface area (Å²) in [5, 5.41) is 5.83. The Bertz CT molecular complexity index is 948. The van der Waals surface area contributed by atoms with Crippen LogP contribution in [-0.2, 0) is 6.54 Å². The van der Waals surface area contributed by atoms with Gasteiger partial charge in [-0.3, -0.25) is 4.79 Å². The van der Waals surface area contributed by atoms with Crippen molar-refractivity contribution in [2.45, 2.75) is 6.54 Å². The quantitative estimate of drug-likeness (QED) is 0.541. The molecule has 0 aliphatic heterocycles. The van der Waals surface area contributed by atoms with Crippen molar-refractivity contribution in [3.05, 3.63) is 83.8 Å². The van der Waals surface area contributed by atoms with Crippen LogP contribution in [0.4, 0.5) is 10.2 Å². The number of carbonyl (C=O) groups is 1. The molecule has 1 heterocycles. The number of rotatable bonds is 9. The van der Waals surface area contributed by atoms with Gasteiger partial charge in [0.25, 0.3) is 5.91 Å². The first-order valence-electron chi connectivity index (χ1n) is 9.14. The molecule has 0 atom stereocenters. The second-order valence-electron chi connectivity index (χ2n) is 6.15. The number of halogens is 1. The van der Waals surface area contributed by atoms with Gasteiger partial charge in [-0.1, -0.05) is 18.2 Å². The van der Waals surface area contributed by atoms with E-state index in [2.05, 4.69) is 15.6 Å². The van der Waals surface area contributed by atoms with Gasteiger partial charge in [-0.05, 0) is 42.5 Å². The summed E-state index contributed by atoms with van der Waals surface area (Å²) >= 11 is 0. The van der Waals surface area contributed by atoms with Crippen molar-refractivity contribution in [3.63, 3.8) is 0 Å². The molecule has 1 aromatic heterocycles. The van der Waals surface area contributed by atoms with Crippen molar-refractivity contribution in [2.24, 2.45) is 0 Å². The molecule has 2 N–H and O–H groups in total. The smallest absolute Gasteiger partial charge is 0.251 e. The van der Waals surface area contributed by atoms with E-state index in [1.807, 2.05) is 24.3 Å². The Morgan fingerprint density at radius 3 is 2.59 bits per heavy atom. The highest BCUT2D eigenvalue weighted by molar-refractivity contribution is 5.94. The van der Waals surface area contributed by atoms with E-state index in [0.717, 1.165) is 11.5 Å². The Hall–Kier alpha value is -3.61. The first-order chi connectivity index (χ1) is 14.2. The van der Waals surface area contributed by atoms with E-state index >= 15 is 0 Å². The van der Waals surface area contributed by atoms with Gasteiger partial charge < -0.3 is 20.1 Å². The molecule has 0 aliphatic rings. The first-order valence-corrected chi connectivity index (χ1v) is 9.14. The molecule has 0 radical (unpaired) electrons. The van der Waals surface area contributed by atoms with Gasteiger partial charge in [-0.2, -0.15) is 0 Å². The number of nitrogens with zero attached hydrogens (tertiary/aromatic N) is 1. The lowest BCUT2D eigenvalue weighted by Crippen LogP contribution is -2.23. The average molecular weight is 395 g/mol. The second kappa shape index (κ2) is 10.1. The Morgan fingerprint density at radius 1 is 1.07 bits per heavy atom. The SMILES string of the molecule is COc1ccc(OCCNc2cc(C(=O)NCc3ccccc3F)ccn2)cc1. The second-order valence-corrected chi connectivity index (χ2v) is 6.15. The van der Waals surface area contributed by atoms with Crippen molar-refractivity contribution in [3.8, 4) is 11.5 Å². The number of carbonyl (C=O) groups excluding carboxylic acids is 1. The average Bonchev–Trinajstić information content (AvgIpc) is 2.76. The molecule has 150 valence electrons. The van der Waals surface area contributed by atoms with E-state index in [-0.39, 0.29) is 18.3 Å². The lowest BCUT2D eigenvalue weighted by molar-refractivity contribution is 0.0950. The summed E-state index contributed by atoms with van der Waals surface area (Å²) in [6, 6.07) is 16.9. The number of nitrogens with one attached hydrogen (secondary N) is 2. The maximum atomic E-state index is 13.7. The number of methoxy groups -OCH3 is 1. The van der Waals surface area contributed by atoms with Gasteiger partial charge in [0.2, 0.25) is 0 Å². The maximum Gasteiger partial charge on any atom is 0.251 e. The molecular weight excluding hydrogens is 373 g/mol. The zero-order valence-corrected chi connectivity index (χ0v) is 16.0. The topological polar surface area (TPSA) is 72.5 Å². The van der Waals surface area contributed by atoms with Gasteiger partial charge in [0.1, 0.15) is 29.7 Å². The van der Waals surface area contributed by atoms with Gasteiger partial charge in [0, 0.05) is 23.9 Å². The monoisotopic (exact) mass is 395 g/mol. The molecule has 0 fully saturated rings. The normalized spacial score (nSPS) is 10.3. The lowest BCUT2D eigenvalue weighted by atomic mass is 10.2. The third-order valence-electron chi connectivity index (χ3n) is 4.16. The van der Waals surface area contributed by atoms with Crippen molar-refractivity contribution in [2.75, 3.05) is 25.6 Å². The minimum absolute atomic E-state index is 0.117. The summed E-state index contributed by atoms with van der Waals surface area (Å²) in [7, 11) is 1.61. The van der Waals surface area contributed by atoms with Crippen molar-refractivity contribution < 1.29 is 18.7 Å². The third kappa shape index (κ3) is 5.93. The molecule has 0 spiro atoms. The molecule has 3 rings (SSSR count). The van der Waals surface area contributed by atoms with Crippen LogP contribution < -0.4 is 20.1 Å². The van der Waals surface area contributed by atoms with E-state index < -0.39 is 0 Å². The summed E-state index contributed by atoms with van der Waals surface area (Å²) in [6.07, 6.45) is 1.55. The lowest BCUT2D eigenvalue weighted by Gasteiger charge is -2.10. The fourth-order valence-electron chi connectivity index (χ4n) is 2.61. The molecule has 0 unspecified atom stereocenters. The first kappa shape index (κ1) is 20.1. The molecule has 0 saturated carbocycles. The maximum absolute atomic E-state index is 13.7. The standard InChI is InChI=1S/C22H22FN3O3/c1-28-18-6-8-19(9-7-18)29-13-12-25-21-14-16(10-11-24-21)22(27)26-15-17-4-2-3-5-20(17)23/h2-11,14H,12-13,15H2,1H3,(H,24,25)(H,26,27). The van der Waals surface area contributed by atoms with Gasteiger partial charge >= 0.3 is 0 Å². The zero-order valence-electron chi connectivity index (χ0n) is 16.0. The van der Waals surface area contributed by atoms with E-state index in [1.165, 1.54) is 6.07 Å². The predicted octanol–water partition coefficient (Wildman–Crippen LogP) is 3.65. The molecule has 2 aromatic carbocycles. The largest absolute Gasteiger partial charge is 0.497 e. The Labute approximate surface area is 168 Å². The number of aromatic nitrogens is 1. The highest BCUT2D eigenvalue weighted by Gasteiger charge is 2.08. The fourth-order valence-corrected chi connectivity index (χ4v) is 2.61. The number of benzene rings is 2. The van der Waals surface area contributed by atoms with Crippen LogP contribution in [0.5, 0.6) is 11.5 Å². The van der Waals surface area contributed by atoms with Gasteiger partial charge in [-0.25, -0.2) is 9.37 Å². The summed E-state index contributed by atoms with van der Waals surface area (Å²) < 4.78 is 24.4. The van der Waals surface area contributed by atoms with Crippen LogP contribution in [0, 0.1) is 5.82 Å². The van der Waals surface area contributed by atoms with Gasteiger partial charge in [0.05, 0.1) is 13.7 Å². The van der Waals surface area contributed by atoms with Gasteiger partial charge in [0.15, 0.2) is 0 Å². The zero-order chi connectivity index (χ0) is 20.5. The Kier molecular flexibility index (Phi) is 7.00. The van der Waals surface area contributed by atoms with Crippen LogP contribution in [0.3, 0.4) is 0 Å². The summed E-state index contributed by atoms with van der Waals surface area (Å²) in [5.74, 6) is 1.42. The minimum atomic E-state index is -0.346. The van der Waals surface area contributed by atoms with Crippen molar-refractivity contribution in [1.29, 1.82) is 0 Å². The van der Waals surface area contributed by atoms with Crippen LogP contribution in [0.15, 0.2) is 66.9 Å². The van der Waals surface area contributed by atoms with Gasteiger partial charge in [-0.15, -0.1) is 0 Å². The Balaban J connectivity index is 1.47. The van der Waals surface area contributed by atoms with Crippen molar-refractivity contribution >= 4 is 11.7 Å².